The number of ether oxygens (including phenoxy) is 1. The Balaban J connectivity index is 1.48. The fraction of sp³-hybridized carbons (Fsp3) is 1.00. The first-order chi connectivity index (χ1) is 11.1. The van der Waals surface area contributed by atoms with Crippen molar-refractivity contribution in [1.82, 2.24) is 14.7 Å². The van der Waals surface area contributed by atoms with E-state index < -0.39 is 0 Å². The zero-order chi connectivity index (χ0) is 16.7. The Morgan fingerprint density at radius 1 is 1.13 bits per heavy atom. The lowest BCUT2D eigenvalue weighted by Crippen LogP contribution is -2.49. The Morgan fingerprint density at radius 3 is 2.39 bits per heavy atom. The van der Waals surface area contributed by atoms with Gasteiger partial charge in [0.25, 0.3) is 0 Å². The Morgan fingerprint density at radius 2 is 1.78 bits per heavy atom. The van der Waals surface area contributed by atoms with Gasteiger partial charge >= 0.3 is 0 Å². The molecule has 1 saturated heterocycles. The van der Waals surface area contributed by atoms with Crippen LogP contribution in [0.5, 0.6) is 0 Å². The lowest BCUT2D eigenvalue weighted by Gasteiger charge is -2.41. The van der Waals surface area contributed by atoms with Crippen molar-refractivity contribution < 1.29 is 4.74 Å². The van der Waals surface area contributed by atoms with E-state index in [-0.39, 0.29) is 0 Å². The molecule has 1 saturated carbocycles. The van der Waals surface area contributed by atoms with Crippen LogP contribution in [0.4, 0.5) is 0 Å². The summed E-state index contributed by atoms with van der Waals surface area (Å²) in [7, 11) is 2.25. The zero-order valence-corrected chi connectivity index (χ0v) is 16.5. The molecule has 2 aliphatic rings. The highest BCUT2D eigenvalue weighted by molar-refractivity contribution is 7.99. The van der Waals surface area contributed by atoms with Gasteiger partial charge in [0, 0.05) is 51.2 Å². The molecule has 0 radical (unpaired) electrons. The third-order valence-electron chi connectivity index (χ3n) is 5.04. The molecule has 136 valence electrons. The SMILES string of the molecule is CCSCN(C)C1CC(OCCN2CCN(CC(C)C)CC2)C1. The zero-order valence-electron chi connectivity index (χ0n) is 15.7. The van der Waals surface area contributed by atoms with Crippen molar-refractivity contribution in [2.75, 3.05) is 64.6 Å². The number of nitrogens with zero attached hydrogens (tertiary/aromatic N) is 3. The van der Waals surface area contributed by atoms with Crippen LogP contribution in [-0.4, -0.2) is 91.4 Å². The molecule has 0 amide bonds. The molecule has 4 nitrogen and oxygen atoms in total. The van der Waals surface area contributed by atoms with Crippen LogP contribution < -0.4 is 0 Å². The van der Waals surface area contributed by atoms with Gasteiger partial charge in [0.05, 0.1) is 12.7 Å². The van der Waals surface area contributed by atoms with E-state index >= 15 is 0 Å². The largest absolute Gasteiger partial charge is 0.377 e. The normalized spacial score (nSPS) is 26.9. The molecule has 1 heterocycles. The van der Waals surface area contributed by atoms with Crippen molar-refractivity contribution in [1.29, 1.82) is 0 Å². The van der Waals surface area contributed by atoms with E-state index in [4.69, 9.17) is 4.74 Å². The first-order valence-corrected chi connectivity index (χ1v) is 10.6. The van der Waals surface area contributed by atoms with Crippen LogP contribution in [0.15, 0.2) is 0 Å². The molecule has 0 spiro atoms. The Labute approximate surface area is 147 Å². The van der Waals surface area contributed by atoms with Gasteiger partial charge in [-0.05, 0) is 31.6 Å². The first-order valence-electron chi connectivity index (χ1n) is 9.42. The fourth-order valence-electron chi connectivity index (χ4n) is 3.43. The number of piperazine rings is 1. The standard InChI is InChI=1S/C18H37N3OS/c1-5-23-15-19(4)17-12-18(13-17)22-11-10-20-6-8-21(9-7-20)14-16(2)3/h16-18H,5-15H2,1-4H3. The third kappa shape index (κ3) is 6.91. The summed E-state index contributed by atoms with van der Waals surface area (Å²) in [5, 5.41) is 0. The van der Waals surface area contributed by atoms with Crippen LogP contribution in [-0.2, 0) is 4.74 Å². The lowest BCUT2D eigenvalue weighted by atomic mass is 9.88. The molecule has 2 fully saturated rings. The monoisotopic (exact) mass is 343 g/mol. The molecule has 0 atom stereocenters. The summed E-state index contributed by atoms with van der Waals surface area (Å²) in [4.78, 5) is 7.65. The minimum absolute atomic E-state index is 0.510. The van der Waals surface area contributed by atoms with Crippen LogP contribution in [0.1, 0.15) is 33.6 Å². The molecule has 0 aromatic heterocycles. The van der Waals surface area contributed by atoms with Crippen LogP contribution >= 0.6 is 11.8 Å². The molecule has 0 aromatic rings. The molecule has 1 aliphatic carbocycles. The second kappa shape index (κ2) is 10.2. The van der Waals surface area contributed by atoms with Crippen molar-refractivity contribution in [3.63, 3.8) is 0 Å². The van der Waals surface area contributed by atoms with Crippen molar-refractivity contribution in [2.24, 2.45) is 5.92 Å². The second-order valence-electron chi connectivity index (χ2n) is 7.53. The van der Waals surface area contributed by atoms with Crippen LogP contribution in [0.25, 0.3) is 0 Å². The van der Waals surface area contributed by atoms with E-state index in [2.05, 4.69) is 42.5 Å². The van der Waals surface area contributed by atoms with Crippen molar-refractivity contribution >= 4 is 11.8 Å². The van der Waals surface area contributed by atoms with Gasteiger partial charge in [-0.3, -0.25) is 9.80 Å². The van der Waals surface area contributed by atoms with Gasteiger partial charge in [-0.1, -0.05) is 20.8 Å². The Bertz CT molecular complexity index is 315. The molecule has 0 unspecified atom stereocenters. The summed E-state index contributed by atoms with van der Waals surface area (Å²) < 4.78 is 6.07. The molecular weight excluding hydrogens is 306 g/mol. The second-order valence-corrected chi connectivity index (χ2v) is 8.78. The van der Waals surface area contributed by atoms with Crippen molar-refractivity contribution in [2.45, 2.75) is 45.8 Å². The van der Waals surface area contributed by atoms with E-state index in [1.165, 1.54) is 51.3 Å². The highest BCUT2D eigenvalue weighted by Gasteiger charge is 2.32. The van der Waals surface area contributed by atoms with E-state index in [1.54, 1.807) is 0 Å². The summed E-state index contributed by atoms with van der Waals surface area (Å²) in [5.74, 6) is 3.15. The quantitative estimate of drug-likeness (QED) is 0.566. The molecule has 0 bridgehead atoms. The average Bonchev–Trinajstić information content (AvgIpc) is 2.48. The molecule has 1 aliphatic heterocycles. The smallest absolute Gasteiger partial charge is 0.0605 e. The average molecular weight is 344 g/mol. The lowest BCUT2D eigenvalue weighted by molar-refractivity contribution is -0.0492. The Kier molecular flexibility index (Phi) is 8.69. The fourth-order valence-corrected chi connectivity index (χ4v) is 4.12. The van der Waals surface area contributed by atoms with Gasteiger partial charge in [-0.2, -0.15) is 0 Å². The van der Waals surface area contributed by atoms with Gasteiger partial charge in [-0.25, -0.2) is 0 Å². The van der Waals surface area contributed by atoms with Crippen molar-refractivity contribution in [3.8, 4) is 0 Å². The Hall–Kier alpha value is 0.190. The van der Waals surface area contributed by atoms with E-state index in [0.29, 0.717) is 6.10 Å². The van der Waals surface area contributed by atoms with Crippen LogP contribution in [0.2, 0.25) is 0 Å². The molecule has 2 rings (SSSR count). The summed E-state index contributed by atoms with van der Waals surface area (Å²) in [6.07, 6.45) is 2.96. The number of hydrogen-bond acceptors (Lipinski definition) is 5. The molecule has 0 aromatic carbocycles. The minimum atomic E-state index is 0.510. The van der Waals surface area contributed by atoms with Gasteiger partial charge in [0.15, 0.2) is 0 Å². The van der Waals surface area contributed by atoms with Crippen LogP contribution in [0.3, 0.4) is 0 Å². The maximum absolute atomic E-state index is 6.07. The molecular formula is C18H37N3OS. The van der Waals surface area contributed by atoms with Crippen molar-refractivity contribution in [3.05, 3.63) is 0 Å². The number of hydrogen-bond donors (Lipinski definition) is 0. The number of thioether (sulfide) groups is 1. The first kappa shape index (κ1) is 19.5. The minimum Gasteiger partial charge on any atom is -0.377 e. The summed E-state index contributed by atoms with van der Waals surface area (Å²) in [6.45, 7) is 15.0. The van der Waals surface area contributed by atoms with E-state index in [1.807, 2.05) is 11.8 Å². The molecule has 5 heteroatoms. The molecule has 23 heavy (non-hydrogen) atoms. The highest BCUT2D eigenvalue weighted by Crippen LogP contribution is 2.28. The van der Waals surface area contributed by atoms with E-state index in [9.17, 15) is 0 Å². The molecule has 0 N–H and O–H groups in total. The van der Waals surface area contributed by atoms with Gasteiger partial charge in [0.1, 0.15) is 0 Å². The predicted octanol–water partition coefficient (Wildman–Crippen LogP) is 2.45. The number of rotatable bonds is 10. The predicted molar refractivity (Wildman–Crippen MR) is 101 cm³/mol. The van der Waals surface area contributed by atoms with Gasteiger partial charge < -0.3 is 9.64 Å². The van der Waals surface area contributed by atoms with Gasteiger partial charge in [-0.15, -0.1) is 11.8 Å². The van der Waals surface area contributed by atoms with Gasteiger partial charge in [0.2, 0.25) is 0 Å². The summed E-state index contributed by atoms with van der Waals surface area (Å²) >= 11 is 2.01. The summed E-state index contributed by atoms with van der Waals surface area (Å²) in [6, 6.07) is 0.749. The van der Waals surface area contributed by atoms with Crippen LogP contribution in [0, 0.1) is 5.92 Å². The van der Waals surface area contributed by atoms with E-state index in [0.717, 1.165) is 31.0 Å². The maximum atomic E-state index is 6.07. The highest BCUT2D eigenvalue weighted by atomic mass is 32.2. The third-order valence-corrected chi connectivity index (χ3v) is 6.04. The summed E-state index contributed by atoms with van der Waals surface area (Å²) in [5.41, 5.74) is 0. The topological polar surface area (TPSA) is 19.0 Å². The maximum Gasteiger partial charge on any atom is 0.0605 e.